The van der Waals surface area contributed by atoms with Crippen LogP contribution in [0.25, 0.3) is 11.0 Å². The molecule has 0 fully saturated rings. The number of fused-ring (bicyclic) bond motifs is 1. The van der Waals surface area contributed by atoms with Crippen molar-refractivity contribution in [3.8, 4) is 11.5 Å². The van der Waals surface area contributed by atoms with Crippen LogP contribution in [0.2, 0.25) is 0 Å². The Morgan fingerprint density at radius 3 is 2.38 bits per heavy atom. The fourth-order valence-corrected chi connectivity index (χ4v) is 3.71. The summed E-state index contributed by atoms with van der Waals surface area (Å²) >= 11 is 0. The third-order valence-electron chi connectivity index (χ3n) is 5.71. The van der Waals surface area contributed by atoms with Crippen LogP contribution < -0.4 is 15.1 Å². The summed E-state index contributed by atoms with van der Waals surface area (Å²) < 4.78 is 15.9. The second kappa shape index (κ2) is 10.3. The first kappa shape index (κ1) is 23.3. The van der Waals surface area contributed by atoms with Crippen LogP contribution in [-0.2, 0) is 11.2 Å². The summed E-state index contributed by atoms with van der Waals surface area (Å²) in [5, 5.41) is 0.517. The largest absolute Gasteiger partial charge is 0.496 e. The highest BCUT2D eigenvalue weighted by atomic mass is 16.5. The van der Waals surface area contributed by atoms with Gasteiger partial charge in [-0.05, 0) is 30.9 Å². The van der Waals surface area contributed by atoms with E-state index in [1.165, 1.54) is 20.3 Å². The molecule has 2 aromatic carbocycles. The van der Waals surface area contributed by atoms with E-state index in [9.17, 15) is 14.4 Å². The summed E-state index contributed by atoms with van der Waals surface area (Å²) in [6, 6.07) is 11.9. The van der Waals surface area contributed by atoms with Crippen LogP contribution in [0.3, 0.4) is 0 Å². The highest BCUT2D eigenvalue weighted by Gasteiger charge is 2.18. The van der Waals surface area contributed by atoms with Crippen molar-refractivity contribution in [1.29, 1.82) is 0 Å². The van der Waals surface area contributed by atoms with E-state index in [2.05, 4.69) is 0 Å². The molecule has 0 N–H and O–H groups in total. The maximum absolute atomic E-state index is 13.0. The standard InChI is InChI=1S/C26H28O6/c1-5-22(27)16(2)7-6-8-17-9-11-18(12-10-17)25(28)21-15-20-23(31-4)13-19(30-3)14-24(20)32-26(21)29/h9-16H,5-8H2,1-4H3. The fraction of sp³-hybridized carbons (Fsp3) is 0.346. The first-order valence-corrected chi connectivity index (χ1v) is 10.7. The van der Waals surface area contributed by atoms with Crippen molar-refractivity contribution in [2.75, 3.05) is 14.2 Å². The molecule has 0 amide bonds. The number of Topliss-reactive ketones (excluding diaryl/α,β-unsaturated/α-hetero) is 1. The third-order valence-corrected chi connectivity index (χ3v) is 5.71. The summed E-state index contributed by atoms with van der Waals surface area (Å²) in [6.07, 6.45) is 3.14. The van der Waals surface area contributed by atoms with Crippen molar-refractivity contribution < 1.29 is 23.5 Å². The van der Waals surface area contributed by atoms with Gasteiger partial charge >= 0.3 is 5.63 Å². The van der Waals surface area contributed by atoms with Gasteiger partial charge in [0, 0.05) is 30.0 Å². The molecule has 32 heavy (non-hydrogen) atoms. The maximum atomic E-state index is 13.0. The van der Waals surface area contributed by atoms with Gasteiger partial charge in [0.2, 0.25) is 0 Å². The molecule has 0 aliphatic carbocycles. The molecule has 168 valence electrons. The number of hydrogen-bond acceptors (Lipinski definition) is 6. The lowest BCUT2D eigenvalue weighted by Crippen LogP contribution is -2.15. The summed E-state index contributed by atoms with van der Waals surface area (Å²) in [5.74, 6) is 0.885. The van der Waals surface area contributed by atoms with Crippen molar-refractivity contribution >= 4 is 22.5 Å². The van der Waals surface area contributed by atoms with Gasteiger partial charge < -0.3 is 13.9 Å². The molecule has 0 aliphatic heterocycles. The van der Waals surface area contributed by atoms with Gasteiger partial charge in [0.1, 0.15) is 28.4 Å². The van der Waals surface area contributed by atoms with Gasteiger partial charge in [0.05, 0.1) is 19.6 Å². The number of benzene rings is 2. The van der Waals surface area contributed by atoms with Crippen LogP contribution in [0.4, 0.5) is 0 Å². The Labute approximate surface area is 187 Å². The average Bonchev–Trinajstić information content (AvgIpc) is 2.82. The van der Waals surface area contributed by atoms with E-state index in [0.29, 0.717) is 28.9 Å². The highest BCUT2D eigenvalue weighted by molar-refractivity contribution is 6.10. The molecule has 1 aromatic heterocycles. The molecule has 0 bridgehead atoms. The number of methoxy groups -OCH3 is 2. The minimum Gasteiger partial charge on any atom is -0.496 e. The number of carbonyl (C=O) groups is 2. The zero-order chi connectivity index (χ0) is 23.3. The quantitative estimate of drug-likeness (QED) is 0.329. The molecule has 6 nitrogen and oxygen atoms in total. The number of hydrogen-bond donors (Lipinski definition) is 0. The number of rotatable bonds is 10. The zero-order valence-electron chi connectivity index (χ0n) is 18.9. The predicted octanol–water partition coefficient (Wildman–Crippen LogP) is 4.98. The van der Waals surface area contributed by atoms with Crippen molar-refractivity contribution in [3.05, 3.63) is 69.6 Å². The van der Waals surface area contributed by atoms with E-state index in [-0.39, 0.29) is 22.8 Å². The van der Waals surface area contributed by atoms with E-state index >= 15 is 0 Å². The lowest BCUT2D eigenvalue weighted by atomic mass is 9.95. The van der Waals surface area contributed by atoms with E-state index in [1.54, 1.807) is 24.3 Å². The van der Waals surface area contributed by atoms with E-state index in [4.69, 9.17) is 13.9 Å². The van der Waals surface area contributed by atoms with Crippen molar-refractivity contribution in [2.45, 2.75) is 39.5 Å². The first-order chi connectivity index (χ1) is 15.4. The number of carbonyl (C=O) groups excluding carboxylic acids is 2. The second-order valence-corrected chi connectivity index (χ2v) is 7.83. The van der Waals surface area contributed by atoms with Crippen LogP contribution >= 0.6 is 0 Å². The Hall–Kier alpha value is -3.41. The van der Waals surface area contributed by atoms with Crippen LogP contribution in [0, 0.1) is 5.92 Å². The summed E-state index contributed by atoms with van der Waals surface area (Å²) in [6.45, 7) is 3.85. The average molecular weight is 437 g/mol. The molecule has 1 heterocycles. The molecule has 3 aromatic rings. The number of aryl methyl sites for hydroxylation is 1. The van der Waals surface area contributed by atoms with Gasteiger partial charge in [-0.15, -0.1) is 0 Å². The smallest absolute Gasteiger partial charge is 0.347 e. The normalized spacial score (nSPS) is 11.9. The zero-order valence-corrected chi connectivity index (χ0v) is 18.9. The Kier molecular flexibility index (Phi) is 7.46. The number of ketones is 2. The van der Waals surface area contributed by atoms with Gasteiger partial charge in [0.15, 0.2) is 5.78 Å². The Bertz CT molecular complexity index is 1170. The van der Waals surface area contributed by atoms with E-state index in [1.807, 2.05) is 26.0 Å². The van der Waals surface area contributed by atoms with Gasteiger partial charge in [-0.1, -0.05) is 38.1 Å². The van der Waals surface area contributed by atoms with Gasteiger partial charge in [-0.25, -0.2) is 4.79 Å². The predicted molar refractivity (Wildman–Crippen MR) is 123 cm³/mol. The molecule has 1 atom stereocenters. The minimum absolute atomic E-state index is 0.0550. The van der Waals surface area contributed by atoms with Crippen molar-refractivity contribution in [3.63, 3.8) is 0 Å². The Morgan fingerprint density at radius 2 is 1.75 bits per heavy atom. The lowest BCUT2D eigenvalue weighted by Gasteiger charge is -2.10. The number of ether oxygens (including phenoxy) is 2. The summed E-state index contributed by atoms with van der Waals surface area (Å²) in [4.78, 5) is 37.2. The molecule has 1 unspecified atom stereocenters. The second-order valence-electron chi connectivity index (χ2n) is 7.83. The third kappa shape index (κ3) is 5.07. The lowest BCUT2D eigenvalue weighted by molar-refractivity contribution is -0.122. The molecular weight excluding hydrogens is 408 g/mol. The molecule has 0 saturated carbocycles. The fourth-order valence-electron chi connectivity index (χ4n) is 3.71. The topological polar surface area (TPSA) is 82.8 Å². The SMILES string of the molecule is CCC(=O)C(C)CCCc1ccc(C(=O)c2cc3c(OC)cc(OC)cc3oc2=O)cc1. The first-order valence-electron chi connectivity index (χ1n) is 10.7. The van der Waals surface area contributed by atoms with Gasteiger partial charge in [0.25, 0.3) is 0 Å². The molecule has 0 saturated heterocycles. The van der Waals surface area contributed by atoms with Crippen LogP contribution in [0.5, 0.6) is 11.5 Å². The molecule has 0 spiro atoms. The van der Waals surface area contributed by atoms with Gasteiger partial charge in [-0.3, -0.25) is 9.59 Å². The maximum Gasteiger partial charge on any atom is 0.347 e. The molecule has 0 aliphatic rings. The van der Waals surface area contributed by atoms with Gasteiger partial charge in [-0.2, -0.15) is 0 Å². The molecule has 3 rings (SSSR count). The summed E-state index contributed by atoms with van der Waals surface area (Å²) in [7, 11) is 3.00. The molecular formula is C26H28O6. The Morgan fingerprint density at radius 1 is 1.03 bits per heavy atom. The van der Waals surface area contributed by atoms with E-state index in [0.717, 1.165) is 24.8 Å². The van der Waals surface area contributed by atoms with Crippen LogP contribution in [0.1, 0.15) is 54.6 Å². The monoisotopic (exact) mass is 436 g/mol. The van der Waals surface area contributed by atoms with E-state index < -0.39 is 11.4 Å². The van der Waals surface area contributed by atoms with Crippen LogP contribution in [-0.4, -0.2) is 25.8 Å². The minimum atomic E-state index is -0.712. The summed E-state index contributed by atoms with van der Waals surface area (Å²) in [5.41, 5.74) is 1.00. The van der Waals surface area contributed by atoms with Crippen molar-refractivity contribution in [2.24, 2.45) is 5.92 Å². The van der Waals surface area contributed by atoms with Crippen molar-refractivity contribution in [1.82, 2.24) is 0 Å². The Balaban J connectivity index is 1.79. The molecule has 0 radical (unpaired) electrons. The van der Waals surface area contributed by atoms with Crippen LogP contribution in [0.15, 0.2) is 51.7 Å². The molecule has 6 heteroatoms. The highest BCUT2D eigenvalue weighted by Crippen LogP contribution is 2.31.